The van der Waals surface area contributed by atoms with Gasteiger partial charge in [0.1, 0.15) is 0 Å². The zero-order valence-corrected chi connectivity index (χ0v) is 10.8. The van der Waals surface area contributed by atoms with Crippen LogP contribution in [0.15, 0.2) is 42.9 Å². The van der Waals surface area contributed by atoms with Crippen LogP contribution in [-0.4, -0.2) is 30.5 Å². The number of fused-ring (bicyclic) bond motifs is 1. The van der Waals surface area contributed by atoms with E-state index in [-0.39, 0.29) is 0 Å². The van der Waals surface area contributed by atoms with Crippen molar-refractivity contribution in [3.63, 3.8) is 0 Å². The van der Waals surface area contributed by atoms with Gasteiger partial charge in [-0.3, -0.25) is 4.68 Å². The third kappa shape index (κ3) is 2.51. The third-order valence-corrected chi connectivity index (χ3v) is 3.15. The fourth-order valence-electron chi connectivity index (χ4n) is 2.26. The van der Waals surface area contributed by atoms with Crippen molar-refractivity contribution in [2.45, 2.75) is 19.1 Å². The van der Waals surface area contributed by atoms with Crippen molar-refractivity contribution in [1.29, 1.82) is 0 Å². The number of para-hydroxylation sites is 2. The summed E-state index contributed by atoms with van der Waals surface area (Å²) in [6.45, 7) is 0.525. The molecule has 1 aromatic carbocycles. The molecule has 19 heavy (non-hydrogen) atoms. The summed E-state index contributed by atoms with van der Waals surface area (Å²) in [6.07, 6.45) is 3.74. The van der Waals surface area contributed by atoms with Gasteiger partial charge < -0.3 is 9.67 Å². The molecule has 0 bridgehead atoms. The lowest BCUT2D eigenvalue weighted by molar-refractivity contribution is 0.154. The standard InChI is InChI=1S/C14H16N4O/c1-17-7-6-11(16-17)8-12(19)9-18-10-15-13-4-2-3-5-14(13)18/h2-7,10,12,19H,8-9H2,1H3. The Balaban J connectivity index is 1.74. The summed E-state index contributed by atoms with van der Waals surface area (Å²) in [7, 11) is 1.87. The average Bonchev–Trinajstić information content (AvgIpc) is 2.97. The first-order valence-electron chi connectivity index (χ1n) is 6.29. The SMILES string of the molecule is Cn1ccc(CC(O)Cn2cnc3ccccc32)n1. The molecule has 3 rings (SSSR count). The molecule has 2 heterocycles. The second-order valence-corrected chi connectivity index (χ2v) is 4.72. The molecule has 0 aliphatic carbocycles. The maximum Gasteiger partial charge on any atom is 0.0959 e. The van der Waals surface area contributed by atoms with Crippen molar-refractivity contribution in [2.75, 3.05) is 0 Å². The topological polar surface area (TPSA) is 55.9 Å². The minimum atomic E-state index is -0.465. The number of aliphatic hydroxyl groups excluding tert-OH is 1. The first-order valence-corrected chi connectivity index (χ1v) is 6.29. The molecule has 0 saturated heterocycles. The van der Waals surface area contributed by atoms with Gasteiger partial charge in [-0.2, -0.15) is 5.10 Å². The number of aliphatic hydroxyl groups is 1. The minimum Gasteiger partial charge on any atom is -0.391 e. The Labute approximate surface area is 111 Å². The highest BCUT2D eigenvalue weighted by Crippen LogP contribution is 2.13. The predicted octanol–water partition coefficient (Wildman–Crippen LogP) is 1.37. The molecule has 5 nitrogen and oxygen atoms in total. The average molecular weight is 256 g/mol. The molecule has 0 aliphatic heterocycles. The first-order chi connectivity index (χ1) is 9.22. The van der Waals surface area contributed by atoms with E-state index >= 15 is 0 Å². The molecule has 2 aromatic heterocycles. The second kappa shape index (κ2) is 4.85. The van der Waals surface area contributed by atoms with Gasteiger partial charge in [0.05, 0.1) is 35.7 Å². The van der Waals surface area contributed by atoms with E-state index in [0.29, 0.717) is 13.0 Å². The van der Waals surface area contributed by atoms with Crippen LogP contribution in [0.25, 0.3) is 11.0 Å². The monoisotopic (exact) mass is 256 g/mol. The van der Waals surface area contributed by atoms with Crippen molar-refractivity contribution >= 4 is 11.0 Å². The summed E-state index contributed by atoms with van der Waals surface area (Å²) in [5.41, 5.74) is 2.90. The minimum absolute atomic E-state index is 0.465. The third-order valence-electron chi connectivity index (χ3n) is 3.15. The van der Waals surface area contributed by atoms with Gasteiger partial charge in [0.2, 0.25) is 0 Å². The van der Waals surface area contributed by atoms with Crippen LogP contribution in [0.3, 0.4) is 0 Å². The Hall–Kier alpha value is -2.14. The van der Waals surface area contributed by atoms with Crippen LogP contribution in [0.4, 0.5) is 0 Å². The molecule has 1 N–H and O–H groups in total. The van der Waals surface area contributed by atoms with E-state index in [4.69, 9.17) is 0 Å². The number of benzene rings is 1. The number of aromatic nitrogens is 4. The quantitative estimate of drug-likeness (QED) is 0.767. The number of hydrogen-bond acceptors (Lipinski definition) is 3. The van der Waals surface area contributed by atoms with E-state index < -0.39 is 6.10 Å². The predicted molar refractivity (Wildman–Crippen MR) is 72.7 cm³/mol. The van der Waals surface area contributed by atoms with Gasteiger partial charge >= 0.3 is 0 Å². The molecule has 0 spiro atoms. The van der Waals surface area contributed by atoms with Crippen molar-refractivity contribution < 1.29 is 5.11 Å². The fraction of sp³-hybridized carbons (Fsp3) is 0.286. The van der Waals surface area contributed by atoms with Crippen molar-refractivity contribution in [3.05, 3.63) is 48.5 Å². The van der Waals surface area contributed by atoms with Gasteiger partial charge in [-0.15, -0.1) is 0 Å². The highest BCUT2D eigenvalue weighted by atomic mass is 16.3. The molecular formula is C14H16N4O. The van der Waals surface area contributed by atoms with Crippen LogP contribution in [0.5, 0.6) is 0 Å². The Bertz CT molecular complexity index is 685. The van der Waals surface area contributed by atoms with Gasteiger partial charge in [0.15, 0.2) is 0 Å². The van der Waals surface area contributed by atoms with E-state index in [1.165, 1.54) is 0 Å². The lowest BCUT2D eigenvalue weighted by Crippen LogP contribution is -2.18. The summed E-state index contributed by atoms with van der Waals surface area (Å²) < 4.78 is 3.72. The number of imidazole rings is 1. The lowest BCUT2D eigenvalue weighted by Gasteiger charge is -2.10. The Morgan fingerprint density at radius 3 is 2.89 bits per heavy atom. The molecule has 0 radical (unpaired) electrons. The van der Waals surface area contributed by atoms with Gasteiger partial charge in [-0.1, -0.05) is 12.1 Å². The Morgan fingerprint density at radius 2 is 2.11 bits per heavy atom. The first kappa shape index (κ1) is 11.9. The highest BCUT2D eigenvalue weighted by Gasteiger charge is 2.10. The summed E-state index contributed by atoms with van der Waals surface area (Å²) in [6, 6.07) is 9.84. The van der Waals surface area contributed by atoms with Gasteiger partial charge in [-0.25, -0.2) is 4.98 Å². The summed E-state index contributed by atoms with van der Waals surface area (Å²) >= 11 is 0. The number of hydrogen-bond donors (Lipinski definition) is 1. The maximum atomic E-state index is 10.1. The molecule has 5 heteroatoms. The van der Waals surface area contributed by atoms with Crippen molar-refractivity contribution in [3.8, 4) is 0 Å². The molecular weight excluding hydrogens is 240 g/mol. The van der Waals surface area contributed by atoms with E-state index in [9.17, 15) is 5.11 Å². The number of rotatable bonds is 4. The molecule has 0 fully saturated rings. The van der Waals surface area contributed by atoms with E-state index in [1.807, 2.05) is 48.1 Å². The van der Waals surface area contributed by atoms with Crippen LogP contribution in [0.2, 0.25) is 0 Å². The van der Waals surface area contributed by atoms with E-state index in [1.54, 1.807) is 11.0 Å². The van der Waals surface area contributed by atoms with Crippen LogP contribution < -0.4 is 0 Å². The molecule has 0 amide bonds. The van der Waals surface area contributed by atoms with Crippen LogP contribution in [0.1, 0.15) is 5.69 Å². The van der Waals surface area contributed by atoms with Gasteiger partial charge in [-0.05, 0) is 18.2 Å². The number of aryl methyl sites for hydroxylation is 1. The smallest absolute Gasteiger partial charge is 0.0959 e. The van der Waals surface area contributed by atoms with E-state index in [0.717, 1.165) is 16.7 Å². The van der Waals surface area contributed by atoms with Crippen molar-refractivity contribution in [2.24, 2.45) is 7.05 Å². The summed E-state index contributed by atoms with van der Waals surface area (Å²) in [5, 5.41) is 14.4. The highest BCUT2D eigenvalue weighted by molar-refractivity contribution is 5.74. The fourth-order valence-corrected chi connectivity index (χ4v) is 2.26. The molecule has 3 aromatic rings. The van der Waals surface area contributed by atoms with Crippen molar-refractivity contribution in [1.82, 2.24) is 19.3 Å². The number of nitrogens with zero attached hydrogens (tertiary/aromatic N) is 4. The zero-order chi connectivity index (χ0) is 13.2. The molecule has 1 atom stereocenters. The maximum absolute atomic E-state index is 10.1. The van der Waals surface area contributed by atoms with Crippen LogP contribution in [0, 0.1) is 0 Å². The van der Waals surface area contributed by atoms with Crippen LogP contribution >= 0.6 is 0 Å². The Kier molecular flexibility index (Phi) is 3.05. The summed E-state index contributed by atoms with van der Waals surface area (Å²) in [4.78, 5) is 4.31. The lowest BCUT2D eigenvalue weighted by atomic mass is 10.2. The van der Waals surface area contributed by atoms with E-state index in [2.05, 4.69) is 10.1 Å². The van der Waals surface area contributed by atoms with Gasteiger partial charge in [0.25, 0.3) is 0 Å². The molecule has 0 saturated carbocycles. The molecule has 1 unspecified atom stereocenters. The zero-order valence-electron chi connectivity index (χ0n) is 10.8. The largest absolute Gasteiger partial charge is 0.391 e. The van der Waals surface area contributed by atoms with Crippen LogP contribution in [-0.2, 0) is 20.0 Å². The second-order valence-electron chi connectivity index (χ2n) is 4.72. The molecule has 98 valence electrons. The Morgan fingerprint density at radius 1 is 1.26 bits per heavy atom. The summed E-state index contributed by atoms with van der Waals surface area (Å²) in [5.74, 6) is 0. The normalized spacial score (nSPS) is 12.9. The molecule has 0 aliphatic rings. The van der Waals surface area contributed by atoms with Gasteiger partial charge in [0, 0.05) is 19.7 Å².